The van der Waals surface area contributed by atoms with E-state index in [0.717, 1.165) is 21.7 Å². The molecule has 1 amide bonds. The van der Waals surface area contributed by atoms with E-state index in [0.29, 0.717) is 18.0 Å². The predicted molar refractivity (Wildman–Crippen MR) is 129 cm³/mol. The van der Waals surface area contributed by atoms with Crippen molar-refractivity contribution < 1.29 is 9.53 Å². The van der Waals surface area contributed by atoms with Crippen molar-refractivity contribution in [3.05, 3.63) is 93.6 Å². The van der Waals surface area contributed by atoms with Gasteiger partial charge in [0, 0.05) is 10.9 Å². The highest BCUT2D eigenvalue weighted by molar-refractivity contribution is 7.07. The molecule has 6 heteroatoms. The van der Waals surface area contributed by atoms with Crippen molar-refractivity contribution in [2.24, 2.45) is 4.99 Å². The lowest BCUT2D eigenvalue weighted by atomic mass is 10.1. The molecule has 0 atom stereocenters. The fourth-order valence-electron chi connectivity index (χ4n) is 3.77. The van der Waals surface area contributed by atoms with E-state index in [-0.39, 0.29) is 12.5 Å². The standard InChI is InChI=1S/C26H23N3O2S/c1-17-7-6-10-21(18(17)2)28-26-29(14-19-8-4-3-5-9-19)23(16-32-26)20-11-12-24-22(13-20)27-25(30)15-31-24/h3-13,16H,14-15H2,1-2H3,(H,27,30). The molecule has 0 bridgehead atoms. The van der Waals surface area contributed by atoms with E-state index in [4.69, 9.17) is 9.73 Å². The van der Waals surface area contributed by atoms with E-state index in [1.165, 1.54) is 16.7 Å². The minimum Gasteiger partial charge on any atom is -0.482 e. The summed E-state index contributed by atoms with van der Waals surface area (Å²) in [7, 11) is 0. The summed E-state index contributed by atoms with van der Waals surface area (Å²) in [6.45, 7) is 4.97. The Morgan fingerprint density at radius 3 is 2.75 bits per heavy atom. The fraction of sp³-hybridized carbons (Fsp3) is 0.154. The molecule has 0 saturated carbocycles. The van der Waals surface area contributed by atoms with Crippen molar-refractivity contribution in [2.75, 3.05) is 11.9 Å². The van der Waals surface area contributed by atoms with Crippen LogP contribution in [0, 0.1) is 13.8 Å². The Morgan fingerprint density at radius 1 is 1.06 bits per heavy atom. The normalized spacial score (nSPS) is 13.4. The average Bonchev–Trinajstić information content (AvgIpc) is 3.19. The van der Waals surface area contributed by atoms with Gasteiger partial charge in [0.1, 0.15) is 5.75 Å². The van der Waals surface area contributed by atoms with Gasteiger partial charge in [-0.25, -0.2) is 4.99 Å². The van der Waals surface area contributed by atoms with Crippen LogP contribution in [-0.2, 0) is 11.3 Å². The number of ether oxygens (including phenoxy) is 1. The van der Waals surface area contributed by atoms with Gasteiger partial charge in [0.15, 0.2) is 11.4 Å². The number of aromatic nitrogens is 1. The van der Waals surface area contributed by atoms with Crippen molar-refractivity contribution in [1.29, 1.82) is 0 Å². The van der Waals surface area contributed by atoms with Gasteiger partial charge < -0.3 is 14.6 Å². The number of hydrogen-bond acceptors (Lipinski definition) is 4. The molecule has 1 aliphatic heterocycles. The minimum absolute atomic E-state index is 0.0533. The largest absolute Gasteiger partial charge is 0.482 e. The highest BCUT2D eigenvalue weighted by Gasteiger charge is 2.18. The summed E-state index contributed by atoms with van der Waals surface area (Å²) in [5.41, 5.74) is 7.33. The molecule has 1 aliphatic rings. The van der Waals surface area contributed by atoms with Gasteiger partial charge in [-0.05, 0) is 54.8 Å². The maximum Gasteiger partial charge on any atom is 0.262 e. The molecule has 0 spiro atoms. The van der Waals surface area contributed by atoms with Gasteiger partial charge in [0.2, 0.25) is 0 Å². The van der Waals surface area contributed by atoms with Crippen molar-refractivity contribution >= 4 is 28.6 Å². The minimum atomic E-state index is -0.136. The zero-order valence-corrected chi connectivity index (χ0v) is 18.8. The summed E-state index contributed by atoms with van der Waals surface area (Å²) >= 11 is 1.62. The van der Waals surface area contributed by atoms with Gasteiger partial charge in [-0.15, -0.1) is 11.3 Å². The lowest BCUT2D eigenvalue weighted by Gasteiger charge is -2.19. The topological polar surface area (TPSA) is 55.6 Å². The number of benzene rings is 3. The maximum atomic E-state index is 11.8. The first-order chi connectivity index (χ1) is 15.6. The Balaban J connectivity index is 1.65. The summed E-state index contributed by atoms with van der Waals surface area (Å²) in [6, 6.07) is 22.5. The van der Waals surface area contributed by atoms with Crippen molar-refractivity contribution in [2.45, 2.75) is 20.4 Å². The second-order valence-electron chi connectivity index (χ2n) is 7.85. The maximum absolute atomic E-state index is 11.8. The fourth-order valence-corrected chi connectivity index (χ4v) is 4.69. The first-order valence-electron chi connectivity index (χ1n) is 10.5. The molecule has 0 fully saturated rings. The van der Waals surface area contributed by atoms with Gasteiger partial charge in [0.25, 0.3) is 5.91 Å². The van der Waals surface area contributed by atoms with Crippen LogP contribution < -0.4 is 14.9 Å². The number of anilines is 1. The monoisotopic (exact) mass is 441 g/mol. The van der Waals surface area contributed by atoms with Crippen LogP contribution in [0.2, 0.25) is 0 Å². The number of carbonyl (C=O) groups excluding carboxylic acids is 1. The van der Waals surface area contributed by atoms with Crippen molar-refractivity contribution in [3.63, 3.8) is 0 Å². The van der Waals surface area contributed by atoms with Gasteiger partial charge in [-0.1, -0.05) is 42.5 Å². The number of carbonyl (C=O) groups is 1. The highest BCUT2D eigenvalue weighted by atomic mass is 32.1. The summed E-state index contributed by atoms with van der Waals surface area (Å²) in [5, 5.41) is 5.03. The first-order valence-corrected chi connectivity index (χ1v) is 11.4. The molecule has 0 aliphatic carbocycles. The summed E-state index contributed by atoms with van der Waals surface area (Å²) in [5.74, 6) is 0.557. The van der Waals surface area contributed by atoms with E-state index in [2.05, 4.69) is 65.5 Å². The molecule has 32 heavy (non-hydrogen) atoms. The molecular weight excluding hydrogens is 418 g/mol. The van der Waals surface area contributed by atoms with E-state index in [9.17, 15) is 4.79 Å². The lowest BCUT2D eigenvalue weighted by molar-refractivity contribution is -0.118. The molecule has 0 radical (unpaired) electrons. The molecule has 4 aromatic rings. The molecule has 1 N–H and O–H groups in total. The summed E-state index contributed by atoms with van der Waals surface area (Å²) in [6.07, 6.45) is 0. The third kappa shape index (κ3) is 3.97. The SMILES string of the molecule is Cc1cccc(N=c2scc(-c3ccc4c(c3)NC(=O)CO4)n2Cc2ccccc2)c1C. The Bertz CT molecular complexity index is 1370. The predicted octanol–water partition coefficient (Wildman–Crippen LogP) is 5.45. The quantitative estimate of drug-likeness (QED) is 0.458. The van der Waals surface area contributed by atoms with E-state index in [1.54, 1.807) is 11.3 Å². The summed E-state index contributed by atoms with van der Waals surface area (Å²) < 4.78 is 7.76. The number of amides is 1. The molecule has 3 aromatic carbocycles. The Kier molecular flexibility index (Phi) is 5.37. The van der Waals surface area contributed by atoms with Crippen LogP contribution in [-0.4, -0.2) is 17.1 Å². The smallest absolute Gasteiger partial charge is 0.262 e. The van der Waals surface area contributed by atoms with Crippen molar-refractivity contribution in [1.82, 2.24) is 4.57 Å². The number of hydrogen-bond donors (Lipinski definition) is 1. The van der Waals surface area contributed by atoms with E-state index in [1.807, 2.05) is 30.3 Å². The molecule has 160 valence electrons. The molecule has 0 unspecified atom stereocenters. The number of nitrogens with one attached hydrogen (secondary N) is 1. The number of fused-ring (bicyclic) bond motifs is 1. The third-order valence-electron chi connectivity index (χ3n) is 5.68. The zero-order chi connectivity index (χ0) is 22.1. The average molecular weight is 442 g/mol. The molecule has 5 rings (SSSR count). The zero-order valence-electron chi connectivity index (χ0n) is 18.0. The van der Waals surface area contributed by atoms with Crippen LogP contribution in [0.3, 0.4) is 0 Å². The van der Waals surface area contributed by atoms with Crippen LogP contribution in [0.5, 0.6) is 5.75 Å². The Labute approximate surface area is 190 Å². The van der Waals surface area contributed by atoms with Crippen molar-refractivity contribution in [3.8, 4) is 17.0 Å². The van der Waals surface area contributed by atoms with Crippen LogP contribution in [0.4, 0.5) is 11.4 Å². The van der Waals surface area contributed by atoms with E-state index >= 15 is 0 Å². The molecule has 5 nitrogen and oxygen atoms in total. The van der Waals surface area contributed by atoms with Gasteiger partial charge in [0.05, 0.1) is 23.6 Å². The third-order valence-corrected chi connectivity index (χ3v) is 6.55. The van der Waals surface area contributed by atoms with Crippen LogP contribution in [0.15, 0.2) is 77.1 Å². The van der Waals surface area contributed by atoms with Gasteiger partial charge >= 0.3 is 0 Å². The number of nitrogens with zero attached hydrogens (tertiary/aromatic N) is 2. The number of thiazole rings is 1. The van der Waals surface area contributed by atoms with Crippen LogP contribution >= 0.6 is 11.3 Å². The van der Waals surface area contributed by atoms with Crippen LogP contribution in [0.1, 0.15) is 16.7 Å². The van der Waals surface area contributed by atoms with Gasteiger partial charge in [-0.2, -0.15) is 0 Å². The Hall–Kier alpha value is -3.64. The Morgan fingerprint density at radius 2 is 1.91 bits per heavy atom. The molecule has 0 saturated heterocycles. The molecular formula is C26H23N3O2S. The highest BCUT2D eigenvalue weighted by Crippen LogP contribution is 2.33. The molecule has 2 heterocycles. The lowest BCUT2D eigenvalue weighted by Crippen LogP contribution is -2.25. The number of rotatable bonds is 4. The first kappa shape index (κ1) is 20.3. The second-order valence-corrected chi connectivity index (χ2v) is 8.69. The number of aryl methyl sites for hydroxylation is 1. The van der Waals surface area contributed by atoms with Gasteiger partial charge in [-0.3, -0.25) is 4.79 Å². The second kappa shape index (κ2) is 8.48. The summed E-state index contributed by atoms with van der Waals surface area (Å²) in [4.78, 5) is 17.8. The van der Waals surface area contributed by atoms with E-state index < -0.39 is 0 Å². The molecule has 1 aromatic heterocycles. The van der Waals surface area contributed by atoms with Crippen LogP contribution in [0.25, 0.3) is 11.3 Å².